The molecule has 2 aromatic rings. The van der Waals surface area contributed by atoms with Crippen LogP contribution in [0.4, 0.5) is 20.3 Å². The number of hydrogen-bond donors (Lipinski definition) is 2. The Kier molecular flexibility index (Phi) is 3.47. The minimum Gasteiger partial charge on any atom is -0.348 e. The summed E-state index contributed by atoms with van der Waals surface area (Å²) in [5.41, 5.74) is -0.136. The van der Waals surface area contributed by atoms with Crippen LogP contribution in [0.5, 0.6) is 0 Å². The fourth-order valence-corrected chi connectivity index (χ4v) is 1.75. The number of nitrogens with zero attached hydrogens (tertiary/aromatic N) is 2. The van der Waals surface area contributed by atoms with E-state index in [9.17, 15) is 13.6 Å². The molecule has 0 unspecified atom stereocenters. The van der Waals surface area contributed by atoms with Gasteiger partial charge in [-0.3, -0.25) is 4.79 Å². The lowest BCUT2D eigenvalue weighted by Crippen LogP contribution is -2.26. The Morgan fingerprint density at radius 3 is 2.38 bits per heavy atom. The summed E-state index contributed by atoms with van der Waals surface area (Å²) in [5.74, 6) is -1.60. The summed E-state index contributed by atoms with van der Waals surface area (Å²) < 4.78 is 27.0. The summed E-state index contributed by atoms with van der Waals surface area (Å²) in [7, 11) is 0. The first-order valence-corrected chi connectivity index (χ1v) is 6.49. The molecule has 108 valence electrons. The van der Waals surface area contributed by atoms with E-state index < -0.39 is 11.6 Å². The molecular weight excluding hydrogens is 278 g/mol. The minimum atomic E-state index is -0.729. The number of para-hydroxylation sites is 1. The highest BCUT2D eigenvalue weighted by molar-refractivity contribution is 5.92. The summed E-state index contributed by atoms with van der Waals surface area (Å²) >= 11 is 0. The molecule has 1 fully saturated rings. The van der Waals surface area contributed by atoms with Gasteiger partial charge in [0.2, 0.25) is 0 Å². The van der Waals surface area contributed by atoms with Crippen LogP contribution in [0, 0.1) is 11.6 Å². The molecule has 21 heavy (non-hydrogen) atoms. The Labute approximate surface area is 119 Å². The maximum atomic E-state index is 13.5. The number of rotatable bonds is 4. The van der Waals surface area contributed by atoms with Crippen molar-refractivity contribution in [1.82, 2.24) is 15.5 Å². The third-order valence-electron chi connectivity index (χ3n) is 3.03. The number of aromatic nitrogens is 2. The Bertz CT molecular complexity index is 651. The lowest BCUT2D eigenvalue weighted by Gasteiger charge is -2.07. The van der Waals surface area contributed by atoms with Gasteiger partial charge in [0.05, 0.1) is 0 Å². The molecule has 0 saturated heterocycles. The van der Waals surface area contributed by atoms with Crippen molar-refractivity contribution in [2.24, 2.45) is 0 Å². The summed E-state index contributed by atoms with van der Waals surface area (Å²) in [6.07, 6.45) is 1.96. The van der Waals surface area contributed by atoms with E-state index in [0.29, 0.717) is 0 Å². The van der Waals surface area contributed by atoms with Crippen molar-refractivity contribution >= 4 is 17.4 Å². The van der Waals surface area contributed by atoms with Gasteiger partial charge in [0, 0.05) is 6.04 Å². The van der Waals surface area contributed by atoms with Gasteiger partial charge in [-0.15, -0.1) is 10.2 Å². The Morgan fingerprint density at radius 2 is 1.81 bits per heavy atom. The molecule has 3 rings (SSSR count). The Morgan fingerprint density at radius 1 is 1.10 bits per heavy atom. The van der Waals surface area contributed by atoms with Crippen molar-refractivity contribution in [3.05, 3.63) is 47.7 Å². The summed E-state index contributed by atoms with van der Waals surface area (Å²) in [6, 6.07) is 6.66. The number of benzene rings is 1. The largest absolute Gasteiger partial charge is 0.348 e. The fourth-order valence-electron chi connectivity index (χ4n) is 1.75. The number of amides is 1. The molecule has 1 heterocycles. The van der Waals surface area contributed by atoms with Gasteiger partial charge in [-0.1, -0.05) is 6.07 Å². The topological polar surface area (TPSA) is 66.9 Å². The van der Waals surface area contributed by atoms with E-state index in [0.717, 1.165) is 25.0 Å². The van der Waals surface area contributed by atoms with Crippen LogP contribution in [0.3, 0.4) is 0 Å². The zero-order valence-corrected chi connectivity index (χ0v) is 10.9. The van der Waals surface area contributed by atoms with E-state index in [2.05, 4.69) is 20.8 Å². The van der Waals surface area contributed by atoms with Gasteiger partial charge >= 0.3 is 0 Å². The highest BCUT2D eigenvalue weighted by Crippen LogP contribution is 2.22. The molecular formula is C14H12F2N4O. The van der Waals surface area contributed by atoms with Gasteiger partial charge in [-0.2, -0.15) is 0 Å². The van der Waals surface area contributed by atoms with Gasteiger partial charge in [0.1, 0.15) is 17.3 Å². The third-order valence-corrected chi connectivity index (χ3v) is 3.03. The summed E-state index contributed by atoms with van der Waals surface area (Å²) in [5, 5.41) is 12.8. The minimum absolute atomic E-state index is 0.155. The standard InChI is InChI=1S/C14H12F2N4O/c15-9-2-1-3-10(16)13(9)18-12-7-6-11(19-20-12)14(21)17-8-4-5-8/h1-3,6-8H,4-5H2,(H,17,21)(H,18,20). The predicted molar refractivity (Wildman–Crippen MR) is 72.2 cm³/mol. The van der Waals surface area contributed by atoms with Crippen LogP contribution in [0.15, 0.2) is 30.3 Å². The second-order valence-corrected chi connectivity index (χ2v) is 4.77. The van der Waals surface area contributed by atoms with E-state index in [4.69, 9.17) is 0 Å². The van der Waals surface area contributed by atoms with Crippen molar-refractivity contribution in [2.45, 2.75) is 18.9 Å². The van der Waals surface area contributed by atoms with Crippen molar-refractivity contribution in [1.29, 1.82) is 0 Å². The SMILES string of the molecule is O=C(NC1CC1)c1ccc(Nc2c(F)cccc2F)nn1. The van der Waals surface area contributed by atoms with Crippen LogP contribution in [-0.2, 0) is 0 Å². The molecule has 0 atom stereocenters. The van der Waals surface area contributed by atoms with E-state index in [1.54, 1.807) is 0 Å². The van der Waals surface area contributed by atoms with Gasteiger partial charge in [0.25, 0.3) is 5.91 Å². The van der Waals surface area contributed by atoms with E-state index >= 15 is 0 Å². The second kappa shape index (κ2) is 5.43. The number of halogens is 2. The maximum Gasteiger partial charge on any atom is 0.272 e. The van der Waals surface area contributed by atoms with Crippen LogP contribution < -0.4 is 10.6 Å². The average molecular weight is 290 g/mol. The highest BCUT2D eigenvalue weighted by Gasteiger charge is 2.24. The fraction of sp³-hybridized carbons (Fsp3) is 0.214. The lowest BCUT2D eigenvalue weighted by molar-refractivity contribution is 0.0945. The van der Waals surface area contributed by atoms with Crippen molar-refractivity contribution in [2.75, 3.05) is 5.32 Å². The molecule has 0 radical (unpaired) electrons. The van der Waals surface area contributed by atoms with Gasteiger partial charge in [0.15, 0.2) is 11.5 Å². The van der Waals surface area contributed by atoms with E-state index in [-0.39, 0.29) is 29.1 Å². The van der Waals surface area contributed by atoms with Gasteiger partial charge in [-0.05, 0) is 37.1 Å². The van der Waals surface area contributed by atoms with Crippen molar-refractivity contribution in [3.8, 4) is 0 Å². The van der Waals surface area contributed by atoms with Crippen LogP contribution in [0.25, 0.3) is 0 Å². The van der Waals surface area contributed by atoms with E-state index in [1.165, 1.54) is 18.2 Å². The van der Waals surface area contributed by atoms with Crippen LogP contribution in [0.1, 0.15) is 23.3 Å². The van der Waals surface area contributed by atoms with Crippen LogP contribution in [0.2, 0.25) is 0 Å². The number of nitrogens with one attached hydrogen (secondary N) is 2. The normalized spacial score (nSPS) is 13.8. The number of hydrogen-bond acceptors (Lipinski definition) is 4. The molecule has 1 aromatic heterocycles. The summed E-state index contributed by atoms with van der Waals surface area (Å²) in [4.78, 5) is 11.7. The molecule has 1 aromatic carbocycles. The lowest BCUT2D eigenvalue weighted by atomic mass is 10.3. The third kappa shape index (κ3) is 3.13. The molecule has 0 spiro atoms. The molecule has 1 amide bonds. The number of carbonyl (C=O) groups is 1. The highest BCUT2D eigenvalue weighted by atomic mass is 19.1. The molecule has 1 saturated carbocycles. The molecule has 1 aliphatic rings. The first-order valence-electron chi connectivity index (χ1n) is 6.49. The first kappa shape index (κ1) is 13.4. The van der Waals surface area contributed by atoms with Gasteiger partial charge < -0.3 is 10.6 Å². The number of anilines is 2. The maximum absolute atomic E-state index is 13.5. The first-order chi connectivity index (χ1) is 10.1. The van der Waals surface area contributed by atoms with Gasteiger partial charge in [-0.25, -0.2) is 8.78 Å². The van der Waals surface area contributed by atoms with Crippen LogP contribution >= 0.6 is 0 Å². The molecule has 5 nitrogen and oxygen atoms in total. The van der Waals surface area contributed by atoms with Crippen molar-refractivity contribution < 1.29 is 13.6 Å². The predicted octanol–water partition coefficient (Wildman–Crippen LogP) is 2.39. The zero-order valence-electron chi connectivity index (χ0n) is 10.9. The zero-order chi connectivity index (χ0) is 14.8. The van der Waals surface area contributed by atoms with Crippen LogP contribution in [-0.4, -0.2) is 22.1 Å². The molecule has 7 heteroatoms. The smallest absolute Gasteiger partial charge is 0.272 e. The molecule has 2 N–H and O–H groups in total. The Balaban J connectivity index is 1.73. The molecule has 1 aliphatic carbocycles. The van der Waals surface area contributed by atoms with E-state index in [1.807, 2.05) is 0 Å². The summed E-state index contributed by atoms with van der Waals surface area (Å²) in [6.45, 7) is 0. The number of carbonyl (C=O) groups excluding carboxylic acids is 1. The monoisotopic (exact) mass is 290 g/mol. The molecule has 0 aliphatic heterocycles. The molecule has 0 bridgehead atoms. The second-order valence-electron chi connectivity index (χ2n) is 4.77. The van der Waals surface area contributed by atoms with Crippen molar-refractivity contribution in [3.63, 3.8) is 0 Å². The average Bonchev–Trinajstić information content (AvgIpc) is 3.28. The quantitative estimate of drug-likeness (QED) is 0.907. The Hall–Kier alpha value is -2.57.